The molecule has 134 valence electrons. The normalized spacial score (nSPS) is 16.9. The van der Waals surface area contributed by atoms with Crippen molar-refractivity contribution in [2.75, 3.05) is 13.1 Å². The number of aromatic nitrogens is 1. The Balaban J connectivity index is 1.51. The van der Waals surface area contributed by atoms with Crippen molar-refractivity contribution in [2.24, 2.45) is 0 Å². The minimum absolute atomic E-state index is 0.0775. The van der Waals surface area contributed by atoms with Crippen molar-refractivity contribution < 1.29 is 4.79 Å². The minimum Gasteiger partial charge on any atom is -0.339 e. The summed E-state index contributed by atoms with van der Waals surface area (Å²) in [7, 11) is 0. The molecule has 1 atom stereocenters. The van der Waals surface area contributed by atoms with Crippen LogP contribution < -0.4 is 0 Å². The summed E-state index contributed by atoms with van der Waals surface area (Å²) in [4.78, 5) is 14.5. The third kappa shape index (κ3) is 3.52. The van der Waals surface area contributed by atoms with Crippen molar-refractivity contribution in [1.29, 1.82) is 0 Å². The van der Waals surface area contributed by atoms with Crippen LogP contribution in [0.25, 0.3) is 17.0 Å². The predicted octanol–water partition coefficient (Wildman–Crippen LogP) is 4.30. The first-order valence-corrected chi connectivity index (χ1v) is 9.29. The number of carbonyl (C=O) groups excluding carboxylic acids is 1. The van der Waals surface area contributed by atoms with Crippen molar-refractivity contribution in [1.82, 2.24) is 9.47 Å². The molecule has 1 fully saturated rings. The SMILES string of the molecule is C#CCn1cc(C2CCN(C(=O)/C=C/c3ccccc3)C2)c2ccccc21. The van der Waals surface area contributed by atoms with Gasteiger partial charge in [0.2, 0.25) is 5.91 Å². The zero-order valence-electron chi connectivity index (χ0n) is 15.2. The van der Waals surface area contributed by atoms with Gasteiger partial charge in [-0.25, -0.2) is 0 Å². The summed E-state index contributed by atoms with van der Waals surface area (Å²) in [5, 5.41) is 1.24. The Labute approximate surface area is 159 Å². The molecule has 1 aliphatic rings. The third-order valence-electron chi connectivity index (χ3n) is 5.24. The second-order valence-electron chi connectivity index (χ2n) is 6.95. The third-order valence-corrected chi connectivity index (χ3v) is 5.24. The number of terminal acetylenes is 1. The average molecular weight is 354 g/mol. The van der Waals surface area contributed by atoms with Crippen LogP contribution in [0.1, 0.15) is 23.5 Å². The Hall–Kier alpha value is -3.25. The number of carbonyl (C=O) groups is 1. The number of para-hydroxylation sites is 1. The fraction of sp³-hybridized carbons (Fsp3) is 0.208. The molecule has 0 spiro atoms. The van der Waals surface area contributed by atoms with E-state index in [2.05, 4.69) is 34.9 Å². The van der Waals surface area contributed by atoms with Crippen molar-refractivity contribution in [2.45, 2.75) is 18.9 Å². The molecule has 3 heteroatoms. The molecular weight excluding hydrogens is 332 g/mol. The van der Waals surface area contributed by atoms with Gasteiger partial charge in [0, 0.05) is 42.2 Å². The first kappa shape index (κ1) is 17.2. The zero-order valence-corrected chi connectivity index (χ0v) is 15.2. The van der Waals surface area contributed by atoms with E-state index in [1.165, 1.54) is 16.5 Å². The lowest BCUT2D eigenvalue weighted by molar-refractivity contribution is -0.124. The number of nitrogens with zero attached hydrogens (tertiary/aromatic N) is 2. The van der Waals surface area contributed by atoms with Crippen LogP contribution in [0.2, 0.25) is 0 Å². The van der Waals surface area contributed by atoms with Crippen molar-refractivity contribution in [3.05, 3.63) is 78.0 Å². The van der Waals surface area contributed by atoms with E-state index < -0.39 is 0 Å². The second kappa shape index (κ2) is 7.55. The van der Waals surface area contributed by atoms with Gasteiger partial charge in [0.1, 0.15) is 0 Å². The van der Waals surface area contributed by atoms with Crippen LogP contribution in [0.15, 0.2) is 66.9 Å². The molecule has 2 aromatic carbocycles. The van der Waals surface area contributed by atoms with Gasteiger partial charge in [0.15, 0.2) is 0 Å². The lowest BCUT2D eigenvalue weighted by atomic mass is 9.98. The van der Waals surface area contributed by atoms with Gasteiger partial charge in [-0.1, -0.05) is 54.5 Å². The van der Waals surface area contributed by atoms with E-state index in [1.54, 1.807) is 6.08 Å². The molecule has 1 amide bonds. The van der Waals surface area contributed by atoms with E-state index in [1.807, 2.05) is 47.4 Å². The number of hydrogen-bond acceptors (Lipinski definition) is 1. The minimum atomic E-state index is 0.0775. The molecule has 2 heterocycles. The van der Waals surface area contributed by atoms with Crippen LogP contribution in [-0.2, 0) is 11.3 Å². The van der Waals surface area contributed by atoms with E-state index in [0.29, 0.717) is 12.5 Å². The molecule has 4 rings (SSSR count). The predicted molar refractivity (Wildman–Crippen MR) is 110 cm³/mol. The second-order valence-corrected chi connectivity index (χ2v) is 6.95. The van der Waals surface area contributed by atoms with Crippen LogP contribution in [0.4, 0.5) is 0 Å². The largest absolute Gasteiger partial charge is 0.339 e. The van der Waals surface area contributed by atoms with Gasteiger partial charge in [0.25, 0.3) is 0 Å². The van der Waals surface area contributed by atoms with E-state index in [0.717, 1.165) is 25.1 Å². The van der Waals surface area contributed by atoms with Gasteiger partial charge in [-0.15, -0.1) is 6.42 Å². The quantitative estimate of drug-likeness (QED) is 0.506. The standard InChI is InChI=1S/C24H22N2O/c1-2-15-25-18-22(21-10-6-7-11-23(21)25)20-14-16-26(17-20)24(27)13-12-19-8-4-3-5-9-19/h1,3-13,18,20H,14-17H2/b13-12+. The summed E-state index contributed by atoms with van der Waals surface area (Å²) in [6, 6.07) is 18.3. The molecule has 0 radical (unpaired) electrons. The van der Waals surface area contributed by atoms with Gasteiger partial charge >= 0.3 is 0 Å². The molecule has 1 unspecified atom stereocenters. The highest BCUT2D eigenvalue weighted by molar-refractivity contribution is 5.92. The van der Waals surface area contributed by atoms with Crippen molar-refractivity contribution in [3.63, 3.8) is 0 Å². The molecule has 1 aliphatic heterocycles. The molecule has 1 saturated heterocycles. The zero-order chi connectivity index (χ0) is 18.6. The summed E-state index contributed by atoms with van der Waals surface area (Å²) < 4.78 is 2.13. The van der Waals surface area contributed by atoms with Crippen molar-refractivity contribution in [3.8, 4) is 12.3 Å². The molecule has 0 bridgehead atoms. The number of hydrogen-bond donors (Lipinski definition) is 0. The first-order chi connectivity index (χ1) is 13.3. The molecule has 3 nitrogen and oxygen atoms in total. The molecule has 1 aromatic heterocycles. The number of rotatable bonds is 4. The van der Waals surface area contributed by atoms with E-state index >= 15 is 0 Å². The maximum Gasteiger partial charge on any atom is 0.246 e. The van der Waals surface area contributed by atoms with E-state index in [4.69, 9.17) is 6.42 Å². The Kier molecular flexibility index (Phi) is 4.80. The molecule has 27 heavy (non-hydrogen) atoms. The monoisotopic (exact) mass is 354 g/mol. The fourth-order valence-corrected chi connectivity index (χ4v) is 3.88. The summed E-state index contributed by atoms with van der Waals surface area (Å²) in [5.74, 6) is 3.16. The lowest BCUT2D eigenvalue weighted by Crippen LogP contribution is -2.26. The van der Waals surface area contributed by atoms with Crippen LogP contribution in [-0.4, -0.2) is 28.5 Å². The maximum absolute atomic E-state index is 12.6. The number of amides is 1. The van der Waals surface area contributed by atoms with Crippen LogP contribution in [0, 0.1) is 12.3 Å². The molecule has 0 N–H and O–H groups in total. The summed E-state index contributed by atoms with van der Waals surface area (Å²) in [6.45, 7) is 2.11. The summed E-state index contributed by atoms with van der Waals surface area (Å²) in [5.41, 5.74) is 3.50. The van der Waals surface area contributed by atoms with Gasteiger partial charge in [-0.3, -0.25) is 4.79 Å². The highest BCUT2D eigenvalue weighted by Crippen LogP contribution is 2.34. The van der Waals surface area contributed by atoms with E-state index in [-0.39, 0.29) is 5.91 Å². The Bertz CT molecular complexity index is 1020. The molecule has 0 saturated carbocycles. The molecular formula is C24H22N2O. The van der Waals surface area contributed by atoms with Gasteiger partial charge < -0.3 is 9.47 Å². The van der Waals surface area contributed by atoms with Crippen molar-refractivity contribution >= 4 is 22.9 Å². The molecule has 3 aromatic rings. The number of benzene rings is 2. The fourth-order valence-electron chi connectivity index (χ4n) is 3.88. The van der Waals surface area contributed by atoms with Crippen LogP contribution in [0.5, 0.6) is 0 Å². The van der Waals surface area contributed by atoms with E-state index in [9.17, 15) is 4.79 Å². The molecule has 0 aliphatic carbocycles. The highest BCUT2D eigenvalue weighted by atomic mass is 16.2. The number of fused-ring (bicyclic) bond motifs is 1. The van der Waals surface area contributed by atoms with Gasteiger partial charge in [0.05, 0.1) is 6.54 Å². The Morgan fingerprint density at radius 2 is 1.93 bits per heavy atom. The highest BCUT2D eigenvalue weighted by Gasteiger charge is 2.28. The average Bonchev–Trinajstić information content (AvgIpc) is 3.33. The maximum atomic E-state index is 12.6. The summed E-state index contributed by atoms with van der Waals surface area (Å²) >= 11 is 0. The smallest absolute Gasteiger partial charge is 0.246 e. The topological polar surface area (TPSA) is 25.2 Å². The van der Waals surface area contributed by atoms with Crippen LogP contribution in [0.3, 0.4) is 0 Å². The lowest BCUT2D eigenvalue weighted by Gasteiger charge is -2.14. The van der Waals surface area contributed by atoms with Gasteiger partial charge in [-0.2, -0.15) is 0 Å². The van der Waals surface area contributed by atoms with Crippen LogP contribution >= 0.6 is 0 Å². The number of likely N-dealkylation sites (tertiary alicyclic amines) is 1. The Morgan fingerprint density at radius 3 is 2.74 bits per heavy atom. The van der Waals surface area contributed by atoms with Gasteiger partial charge in [-0.05, 0) is 29.7 Å². The Morgan fingerprint density at radius 1 is 1.15 bits per heavy atom. The summed E-state index contributed by atoms with van der Waals surface area (Å²) in [6.07, 6.45) is 12.2. The first-order valence-electron chi connectivity index (χ1n) is 9.29.